The van der Waals surface area contributed by atoms with Crippen LogP contribution in [0, 0.1) is 0 Å². The van der Waals surface area contributed by atoms with Crippen molar-refractivity contribution in [3.05, 3.63) is 53.4 Å². The zero-order valence-electron chi connectivity index (χ0n) is 16.4. The molecular formula is C21H22N8S. The molecule has 1 aromatic carbocycles. The van der Waals surface area contributed by atoms with Crippen LogP contribution >= 0.6 is 11.3 Å². The molecule has 0 radical (unpaired) electrons. The molecule has 0 atom stereocenters. The highest BCUT2D eigenvalue weighted by atomic mass is 32.1. The first kappa shape index (κ1) is 17.9. The number of anilines is 2. The maximum atomic E-state index is 5.93. The van der Waals surface area contributed by atoms with Crippen LogP contribution in [0.15, 0.2) is 42.9 Å². The third-order valence-corrected chi connectivity index (χ3v) is 6.79. The van der Waals surface area contributed by atoms with Crippen molar-refractivity contribution in [1.29, 1.82) is 0 Å². The molecule has 3 aromatic heterocycles. The minimum atomic E-state index is 0.288. The van der Waals surface area contributed by atoms with Gasteiger partial charge < -0.3 is 11.1 Å². The molecule has 0 unspecified atom stereocenters. The van der Waals surface area contributed by atoms with Crippen molar-refractivity contribution in [1.82, 2.24) is 29.7 Å². The maximum Gasteiger partial charge on any atom is 0.158 e. The Hall–Kier alpha value is -2.88. The van der Waals surface area contributed by atoms with Crippen LogP contribution in [0.3, 0.4) is 0 Å². The highest BCUT2D eigenvalue weighted by Crippen LogP contribution is 2.42. The summed E-state index contributed by atoms with van der Waals surface area (Å²) in [5, 5.41) is 18.7. The molecule has 1 saturated heterocycles. The first-order valence-corrected chi connectivity index (χ1v) is 11.0. The van der Waals surface area contributed by atoms with Crippen LogP contribution in [0.4, 0.5) is 11.5 Å². The second-order valence-electron chi connectivity index (χ2n) is 8.12. The Morgan fingerprint density at radius 1 is 1.17 bits per heavy atom. The molecule has 4 heterocycles. The monoisotopic (exact) mass is 418 g/mol. The quantitative estimate of drug-likeness (QED) is 0.497. The minimum Gasteiger partial charge on any atom is -0.338 e. The molecule has 6 rings (SSSR count). The van der Waals surface area contributed by atoms with E-state index < -0.39 is 0 Å². The van der Waals surface area contributed by atoms with Crippen molar-refractivity contribution in [2.45, 2.75) is 31.3 Å². The summed E-state index contributed by atoms with van der Waals surface area (Å²) in [6, 6.07) is 10.7. The van der Waals surface area contributed by atoms with Crippen molar-refractivity contribution >= 4 is 28.4 Å². The van der Waals surface area contributed by atoms with Crippen LogP contribution < -0.4 is 11.1 Å². The molecule has 0 amide bonds. The summed E-state index contributed by atoms with van der Waals surface area (Å²) in [6.07, 6.45) is 6.04. The Morgan fingerprint density at radius 3 is 2.90 bits per heavy atom. The maximum absolute atomic E-state index is 5.93. The SMILES string of the molecule is NC1CN(Cc2ccn3ncnc(Nc4cccc(-c5nnc(C6CC6)s5)c4)c23)C1. The number of fused-ring (bicyclic) bond motifs is 1. The first-order chi connectivity index (χ1) is 14.7. The van der Waals surface area contributed by atoms with E-state index in [1.54, 1.807) is 17.7 Å². The van der Waals surface area contributed by atoms with Gasteiger partial charge in [-0.25, -0.2) is 9.50 Å². The summed E-state index contributed by atoms with van der Waals surface area (Å²) in [5.74, 6) is 1.42. The van der Waals surface area contributed by atoms with Crippen LogP contribution in [0.25, 0.3) is 16.1 Å². The lowest BCUT2D eigenvalue weighted by molar-refractivity contribution is 0.143. The highest BCUT2D eigenvalue weighted by molar-refractivity contribution is 7.14. The van der Waals surface area contributed by atoms with E-state index in [9.17, 15) is 0 Å². The molecule has 152 valence electrons. The second kappa shape index (κ2) is 7.12. The van der Waals surface area contributed by atoms with Gasteiger partial charge in [0.25, 0.3) is 0 Å². The summed E-state index contributed by atoms with van der Waals surface area (Å²) in [6.45, 7) is 2.71. The number of nitrogens with two attached hydrogens (primary N) is 1. The molecule has 1 aliphatic carbocycles. The highest BCUT2D eigenvalue weighted by Gasteiger charge is 2.28. The second-order valence-corrected chi connectivity index (χ2v) is 9.13. The summed E-state index contributed by atoms with van der Waals surface area (Å²) in [5.41, 5.74) is 10.2. The van der Waals surface area contributed by atoms with Crippen LogP contribution in [0.2, 0.25) is 0 Å². The lowest BCUT2D eigenvalue weighted by atomic mass is 10.1. The topological polar surface area (TPSA) is 97.3 Å². The van der Waals surface area contributed by atoms with E-state index in [2.05, 4.69) is 48.7 Å². The van der Waals surface area contributed by atoms with Crippen LogP contribution in [0.5, 0.6) is 0 Å². The van der Waals surface area contributed by atoms with Gasteiger partial charge in [0, 0.05) is 49.0 Å². The number of benzene rings is 1. The molecule has 1 aliphatic heterocycles. The van der Waals surface area contributed by atoms with E-state index >= 15 is 0 Å². The molecule has 4 aromatic rings. The van der Waals surface area contributed by atoms with E-state index in [0.717, 1.165) is 52.2 Å². The van der Waals surface area contributed by atoms with E-state index in [4.69, 9.17) is 5.73 Å². The number of hydrogen-bond acceptors (Lipinski definition) is 8. The van der Waals surface area contributed by atoms with Gasteiger partial charge >= 0.3 is 0 Å². The molecule has 8 nitrogen and oxygen atoms in total. The smallest absolute Gasteiger partial charge is 0.158 e. The number of nitrogens with one attached hydrogen (secondary N) is 1. The molecular weight excluding hydrogens is 396 g/mol. The van der Waals surface area contributed by atoms with Crippen molar-refractivity contribution < 1.29 is 0 Å². The lowest BCUT2D eigenvalue weighted by Gasteiger charge is -2.36. The van der Waals surface area contributed by atoms with Gasteiger partial charge in [0.15, 0.2) is 5.82 Å². The molecule has 2 aliphatic rings. The van der Waals surface area contributed by atoms with E-state index in [0.29, 0.717) is 5.92 Å². The molecule has 3 N–H and O–H groups in total. The first-order valence-electron chi connectivity index (χ1n) is 10.2. The average Bonchev–Trinajstić information content (AvgIpc) is 3.31. The molecule has 0 spiro atoms. The number of nitrogens with zero attached hydrogens (tertiary/aromatic N) is 6. The Morgan fingerprint density at radius 2 is 2.07 bits per heavy atom. The van der Waals surface area contributed by atoms with Crippen LogP contribution in [-0.4, -0.2) is 48.8 Å². The van der Waals surface area contributed by atoms with Crippen molar-refractivity contribution in [3.8, 4) is 10.6 Å². The normalized spacial score (nSPS) is 17.4. The predicted molar refractivity (Wildman–Crippen MR) is 117 cm³/mol. The molecule has 30 heavy (non-hydrogen) atoms. The third kappa shape index (κ3) is 3.34. The standard InChI is InChI=1S/C21H22N8S/c22-16-10-28(11-16)9-15-6-7-29-18(15)19(23-12-24-29)25-17-3-1-2-14(8-17)21-27-26-20(30-21)13-4-5-13/h1-3,6-8,12-13,16H,4-5,9-11,22H2,(H,23,24,25). The third-order valence-electron chi connectivity index (χ3n) is 5.66. The largest absolute Gasteiger partial charge is 0.338 e. The summed E-state index contributed by atoms with van der Waals surface area (Å²) >= 11 is 1.70. The van der Waals surface area contributed by atoms with Gasteiger partial charge in [-0.3, -0.25) is 4.90 Å². The van der Waals surface area contributed by atoms with Gasteiger partial charge in [-0.15, -0.1) is 10.2 Å². The van der Waals surface area contributed by atoms with Gasteiger partial charge in [-0.1, -0.05) is 23.5 Å². The molecule has 1 saturated carbocycles. The van der Waals surface area contributed by atoms with Gasteiger partial charge in [0.2, 0.25) is 0 Å². The number of hydrogen-bond donors (Lipinski definition) is 2. The number of likely N-dealkylation sites (tertiary alicyclic amines) is 1. The van der Waals surface area contributed by atoms with Gasteiger partial charge in [0.1, 0.15) is 21.9 Å². The van der Waals surface area contributed by atoms with Crippen molar-refractivity contribution in [3.63, 3.8) is 0 Å². The van der Waals surface area contributed by atoms with E-state index in [1.165, 1.54) is 18.4 Å². The molecule has 0 bridgehead atoms. The van der Waals surface area contributed by atoms with Gasteiger partial charge in [-0.2, -0.15) is 5.10 Å². The van der Waals surface area contributed by atoms with E-state index in [1.807, 2.05) is 22.8 Å². The Labute approximate surface area is 177 Å². The van der Waals surface area contributed by atoms with Gasteiger partial charge in [0.05, 0.1) is 0 Å². The molecule has 9 heteroatoms. The molecule has 2 fully saturated rings. The van der Waals surface area contributed by atoms with Crippen LogP contribution in [0.1, 0.15) is 29.3 Å². The van der Waals surface area contributed by atoms with Crippen LogP contribution in [-0.2, 0) is 6.54 Å². The number of aromatic nitrogens is 5. The minimum absolute atomic E-state index is 0.288. The van der Waals surface area contributed by atoms with E-state index in [-0.39, 0.29) is 6.04 Å². The van der Waals surface area contributed by atoms with Crippen molar-refractivity contribution in [2.75, 3.05) is 18.4 Å². The lowest BCUT2D eigenvalue weighted by Crippen LogP contribution is -2.54. The zero-order valence-corrected chi connectivity index (χ0v) is 17.2. The Bertz CT molecular complexity index is 1200. The summed E-state index contributed by atoms with van der Waals surface area (Å²) in [4.78, 5) is 6.87. The fourth-order valence-corrected chi connectivity index (χ4v) is 4.94. The fourth-order valence-electron chi connectivity index (χ4n) is 3.93. The Balaban J connectivity index is 1.29. The zero-order chi connectivity index (χ0) is 20.1. The predicted octanol–water partition coefficient (Wildman–Crippen LogP) is 3.01. The number of rotatable bonds is 6. The fraction of sp³-hybridized carbons (Fsp3) is 0.333. The van der Waals surface area contributed by atoms with Gasteiger partial charge in [-0.05, 0) is 36.6 Å². The summed E-state index contributed by atoms with van der Waals surface area (Å²) < 4.78 is 1.88. The average molecular weight is 419 g/mol. The Kier molecular flexibility index (Phi) is 4.26. The van der Waals surface area contributed by atoms with Crippen molar-refractivity contribution in [2.24, 2.45) is 5.73 Å². The summed E-state index contributed by atoms with van der Waals surface area (Å²) in [7, 11) is 0.